The van der Waals surface area contributed by atoms with Crippen LogP contribution in [0.5, 0.6) is 0 Å². The van der Waals surface area contributed by atoms with Crippen LogP contribution in [0, 0.1) is 11.8 Å². The number of nitrogens with zero attached hydrogens (tertiary/aromatic N) is 1. The molecule has 1 heterocycles. The molecule has 0 aromatic heterocycles. The molecule has 1 unspecified atom stereocenters. The van der Waals surface area contributed by atoms with Gasteiger partial charge in [0.25, 0.3) is 0 Å². The third kappa shape index (κ3) is 8.53. The molecule has 132 valence electrons. The highest BCUT2D eigenvalue weighted by Gasteiger charge is 2.32. The van der Waals surface area contributed by atoms with E-state index in [2.05, 4.69) is 18.7 Å². The maximum Gasteiger partial charge on any atom is 0.0639 e. The van der Waals surface area contributed by atoms with E-state index in [0.717, 1.165) is 18.4 Å². The quantitative estimate of drug-likeness (QED) is 0.443. The van der Waals surface area contributed by atoms with Crippen molar-refractivity contribution in [3.05, 3.63) is 0 Å². The first-order chi connectivity index (χ1) is 10.7. The van der Waals surface area contributed by atoms with Crippen LogP contribution in [-0.4, -0.2) is 35.7 Å². The second-order valence-electron chi connectivity index (χ2n) is 7.64. The molecule has 2 atom stereocenters. The van der Waals surface area contributed by atoms with Gasteiger partial charge >= 0.3 is 0 Å². The summed E-state index contributed by atoms with van der Waals surface area (Å²) in [6.45, 7) is 9.84. The van der Waals surface area contributed by atoms with E-state index < -0.39 is 0 Å². The zero-order valence-corrected chi connectivity index (χ0v) is 15.5. The number of hydrogen-bond donors (Lipinski definition) is 1. The molecular weight excluding hydrogens is 270 g/mol. The Labute approximate surface area is 139 Å². The minimum atomic E-state index is -0.169. The molecule has 1 N–H and O–H groups in total. The van der Waals surface area contributed by atoms with E-state index in [1.54, 1.807) is 0 Å². The highest BCUT2D eigenvalue weighted by molar-refractivity contribution is 4.85. The van der Waals surface area contributed by atoms with Crippen molar-refractivity contribution >= 4 is 0 Å². The Hall–Kier alpha value is -0.0800. The molecule has 0 aliphatic carbocycles. The lowest BCUT2D eigenvalue weighted by Gasteiger charge is -2.44. The van der Waals surface area contributed by atoms with Crippen LogP contribution in [0.4, 0.5) is 0 Å². The number of likely N-dealkylation sites (tertiary alicyclic amines) is 1. The fraction of sp³-hybridized carbons (Fsp3) is 1.00. The summed E-state index contributed by atoms with van der Waals surface area (Å²) in [6, 6.07) is 0. The minimum absolute atomic E-state index is 0.169. The van der Waals surface area contributed by atoms with Gasteiger partial charge in [0.15, 0.2) is 0 Å². The molecule has 0 spiro atoms. The number of unbranched alkanes of at least 4 members (excludes halogenated alkanes) is 7. The SMILES string of the molecule is CCCCCCCC(CCCCCC)C1CN(C[C@H](C)O)C1. The lowest BCUT2D eigenvalue weighted by Crippen LogP contribution is -2.52. The second kappa shape index (κ2) is 12.4. The summed E-state index contributed by atoms with van der Waals surface area (Å²) in [5, 5.41) is 9.50. The standard InChI is InChI=1S/C20H41NO/c1-4-6-8-10-12-14-19(13-11-9-7-5-2)20-16-21(17-20)15-18(3)22/h18-20,22H,4-17H2,1-3H3/t18-,19?/m0/s1. The molecule has 1 aliphatic heterocycles. The van der Waals surface area contributed by atoms with Gasteiger partial charge in [-0.15, -0.1) is 0 Å². The highest BCUT2D eigenvalue weighted by Crippen LogP contribution is 2.32. The summed E-state index contributed by atoms with van der Waals surface area (Å²) in [7, 11) is 0. The molecular formula is C20H41NO. The summed E-state index contributed by atoms with van der Waals surface area (Å²) in [5.74, 6) is 1.86. The fourth-order valence-corrected chi connectivity index (χ4v) is 3.89. The van der Waals surface area contributed by atoms with Crippen LogP contribution in [0.15, 0.2) is 0 Å². The molecule has 1 saturated heterocycles. The summed E-state index contributed by atoms with van der Waals surface area (Å²) in [4.78, 5) is 2.44. The molecule has 0 aromatic rings. The van der Waals surface area contributed by atoms with Crippen molar-refractivity contribution in [2.24, 2.45) is 11.8 Å². The summed E-state index contributed by atoms with van der Waals surface area (Å²) in [6.07, 6.45) is 15.4. The molecule has 1 aliphatic rings. The van der Waals surface area contributed by atoms with Gasteiger partial charge in [0.1, 0.15) is 0 Å². The van der Waals surface area contributed by atoms with Gasteiger partial charge in [-0.2, -0.15) is 0 Å². The molecule has 0 saturated carbocycles. The van der Waals surface area contributed by atoms with E-state index in [-0.39, 0.29) is 6.10 Å². The largest absolute Gasteiger partial charge is 0.392 e. The Morgan fingerprint density at radius 3 is 1.86 bits per heavy atom. The average Bonchev–Trinajstić information content (AvgIpc) is 2.44. The Bertz CT molecular complexity index is 248. The molecule has 0 amide bonds. The third-order valence-corrected chi connectivity index (χ3v) is 5.28. The molecule has 1 fully saturated rings. The van der Waals surface area contributed by atoms with Gasteiger partial charge in [-0.25, -0.2) is 0 Å². The first kappa shape index (κ1) is 20.0. The minimum Gasteiger partial charge on any atom is -0.392 e. The van der Waals surface area contributed by atoms with Crippen molar-refractivity contribution < 1.29 is 5.11 Å². The van der Waals surface area contributed by atoms with Gasteiger partial charge in [-0.05, 0) is 18.8 Å². The topological polar surface area (TPSA) is 23.5 Å². The summed E-state index contributed by atoms with van der Waals surface area (Å²) >= 11 is 0. The Balaban J connectivity index is 2.22. The lowest BCUT2D eigenvalue weighted by atomic mass is 9.79. The molecule has 2 nitrogen and oxygen atoms in total. The van der Waals surface area contributed by atoms with E-state index in [0.29, 0.717) is 0 Å². The number of rotatable bonds is 14. The number of aliphatic hydroxyl groups excluding tert-OH is 1. The van der Waals surface area contributed by atoms with Gasteiger partial charge in [0, 0.05) is 19.6 Å². The van der Waals surface area contributed by atoms with Crippen molar-refractivity contribution in [3.63, 3.8) is 0 Å². The number of aliphatic hydroxyl groups is 1. The van der Waals surface area contributed by atoms with E-state index >= 15 is 0 Å². The van der Waals surface area contributed by atoms with Gasteiger partial charge < -0.3 is 10.0 Å². The maximum atomic E-state index is 9.50. The van der Waals surface area contributed by atoms with Gasteiger partial charge in [-0.3, -0.25) is 0 Å². The zero-order chi connectivity index (χ0) is 16.2. The van der Waals surface area contributed by atoms with Crippen LogP contribution in [-0.2, 0) is 0 Å². The number of β-amino-alcohol motifs (C(OH)–C–C–N with tert-alkyl or cyclic N) is 1. The maximum absolute atomic E-state index is 9.50. The van der Waals surface area contributed by atoms with Crippen LogP contribution >= 0.6 is 0 Å². The molecule has 0 radical (unpaired) electrons. The normalized spacial score (nSPS) is 19.1. The molecule has 2 heteroatoms. The van der Waals surface area contributed by atoms with Crippen LogP contribution in [0.3, 0.4) is 0 Å². The molecule has 1 rings (SSSR count). The van der Waals surface area contributed by atoms with Crippen LogP contribution in [0.25, 0.3) is 0 Å². The van der Waals surface area contributed by atoms with E-state index in [1.165, 1.54) is 83.7 Å². The van der Waals surface area contributed by atoms with Crippen molar-refractivity contribution in [1.29, 1.82) is 0 Å². The third-order valence-electron chi connectivity index (χ3n) is 5.28. The Morgan fingerprint density at radius 1 is 0.864 bits per heavy atom. The van der Waals surface area contributed by atoms with Crippen molar-refractivity contribution in [2.75, 3.05) is 19.6 Å². The van der Waals surface area contributed by atoms with Crippen LogP contribution in [0.1, 0.15) is 91.4 Å². The van der Waals surface area contributed by atoms with Crippen molar-refractivity contribution in [2.45, 2.75) is 97.5 Å². The fourth-order valence-electron chi connectivity index (χ4n) is 3.89. The number of hydrogen-bond acceptors (Lipinski definition) is 2. The van der Waals surface area contributed by atoms with Gasteiger partial charge in [-0.1, -0.05) is 84.5 Å². The van der Waals surface area contributed by atoms with Gasteiger partial charge in [0.05, 0.1) is 6.10 Å². The van der Waals surface area contributed by atoms with Crippen LogP contribution in [0.2, 0.25) is 0 Å². The second-order valence-corrected chi connectivity index (χ2v) is 7.64. The predicted molar refractivity (Wildman–Crippen MR) is 97.2 cm³/mol. The Morgan fingerprint density at radius 2 is 1.36 bits per heavy atom. The Kier molecular flexibility index (Phi) is 11.2. The first-order valence-corrected chi connectivity index (χ1v) is 10.1. The van der Waals surface area contributed by atoms with Crippen molar-refractivity contribution in [3.8, 4) is 0 Å². The van der Waals surface area contributed by atoms with Crippen LogP contribution < -0.4 is 0 Å². The highest BCUT2D eigenvalue weighted by atomic mass is 16.3. The monoisotopic (exact) mass is 311 g/mol. The molecule has 22 heavy (non-hydrogen) atoms. The van der Waals surface area contributed by atoms with Crippen molar-refractivity contribution in [1.82, 2.24) is 4.90 Å². The zero-order valence-electron chi connectivity index (χ0n) is 15.5. The van der Waals surface area contributed by atoms with Gasteiger partial charge in [0.2, 0.25) is 0 Å². The lowest BCUT2D eigenvalue weighted by molar-refractivity contribution is 0.0152. The molecule has 0 bridgehead atoms. The average molecular weight is 312 g/mol. The predicted octanol–water partition coefficient (Wildman–Crippen LogP) is 5.25. The van der Waals surface area contributed by atoms with E-state index in [1.807, 2.05) is 6.92 Å². The summed E-state index contributed by atoms with van der Waals surface area (Å²) < 4.78 is 0. The smallest absolute Gasteiger partial charge is 0.0639 e. The molecule has 0 aromatic carbocycles. The van der Waals surface area contributed by atoms with E-state index in [9.17, 15) is 5.11 Å². The summed E-state index contributed by atoms with van der Waals surface area (Å²) in [5.41, 5.74) is 0. The van der Waals surface area contributed by atoms with E-state index in [4.69, 9.17) is 0 Å². The first-order valence-electron chi connectivity index (χ1n) is 10.1.